The van der Waals surface area contributed by atoms with Crippen LogP contribution in [0.5, 0.6) is 0 Å². The average Bonchev–Trinajstić information content (AvgIpc) is 3.43. The molecule has 1 aromatic carbocycles. The molecule has 142 valence electrons. The molecule has 0 bridgehead atoms. The zero-order valence-electron chi connectivity index (χ0n) is 14.8. The van der Waals surface area contributed by atoms with Gasteiger partial charge in [0.05, 0.1) is 25.6 Å². The first-order valence-corrected chi connectivity index (χ1v) is 10.2. The molecule has 2 atom stereocenters. The average molecular weight is 405 g/mol. The zero-order valence-corrected chi connectivity index (χ0v) is 16.4. The molecule has 0 spiro atoms. The molecule has 0 radical (unpaired) electrons. The lowest BCUT2D eigenvalue weighted by Crippen LogP contribution is -2.37. The maximum atomic E-state index is 6.41. The van der Waals surface area contributed by atoms with E-state index in [1.165, 1.54) is 5.56 Å². The number of nitrogens with zero attached hydrogens (tertiary/aromatic N) is 4. The second-order valence-corrected chi connectivity index (χ2v) is 7.99. The highest BCUT2D eigenvalue weighted by molar-refractivity contribution is 7.97. The summed E-state index contributed by atoms with van der Waals surface area (Å²) in [6, 6.07) is 7.93. The van der Waals surface area contributed by atoms with Crippen LogP contribution in [0.1, 0.15) is 12.0 Å². The SMILES string of the molecule is Clc1ccc(CC[C@@]2(Cn3ccnc3)OC[C@@H](CSn3ccnc3)O2)cc1. The van der Waals surface area contributed by atoms with E-state index in [1.807, 2.05) is 33.1 Å². The predicted molar refractivity (Wildman–Crippen MR) is 106 cm³/mol. The molecule has 3 heterocycles. The molecule has 0 N–H and O–H groups in total. The molecule has 8 heteroatoms. The van der Waals surface area contributed by atoms with Crippen molar-refractivity contribution in [3.63, 3.8) is 0 Å². The predicted octanol–water partition coefficient (Wildman–Crippen LogP) is 3.67. The van der Waals surface area contributed by atoms with Gasteiger partial charge in [-0.3, -0.25) is 3.97 Å². The third-order valence-corrected chi connectivity index (χ3v) is 5.78. The summed E-state index contributed by atoms with van der Waals surface area (Å²) in [6.45, 7) is 1.20. The Labute approximate surface area is 167 Å². The Kier molecular flexibility index (Phi) is 5.83. The van der Waals surface area contributed by atoms with Gasteiger partial charge in [-0.15, -0.1) is 0 Å². The smallest absolute Gasteiger partial charge is 0.187 e. The second-order valence-electron chi connectivity index (χ2n) is 6.54. The summed E-state index contributed by atoms with van der Waals surface area (Å²) in [7, 11) is 0. The number of rotatable bonds is 8. The molecule has 0 saturated carbocycles. The van der Waals surface area contributed by atoms with Crippen molar-refractivity contribution in [3.8, 4) is 0 Å². The van der Waals surface area contributed by atoms with E-state index in [4.69, 9.17) is 21.1 Å². The summed E-state index contributed by atoms with van der Waals surface area (Å²) in [5.74, 6) is 0.156. The van der Waals surface area contributed by atoms with Crippen LogP contribution in [0, 0.1) is 0 Å². The summed E-state index contributed by atoms with van der Waals surface area (Å²) in [4.78, 5) is 8.20. The van der Waals surface area contributed by atoms with Crippen molar-refractivity contribution >= 4 is 23.5 Å². The van der Waals surface area contributed by atoms with Crippen LogP contribution >= 0.6 is 23.5 Å². The Bertz CT molecular complexity index is 826. The maximum Gasteiger partial charge on any atom is 0.187 e. The Balaban J connectivity index is 1.41. The summed E-state index contributed by atoms with van der Waals surface area (Å²) in [5.41, 5.74) is 1.22. The number of benzene rings is 1. The van der Waals surface area contributed by atoms with E-state index in [0.717, 1.165) is 23.6 Å². The van der Waals surface area contributed by atoms with Crippen molar-refractivity contribution in [2.75, 3.05) is 12.4 Å². The van der Waals surface area contributed by atoms with Crippen LogP contribution in [-0.2, 0) is 22.4 Å². The highest BCUT2D eigenvalue weighted by Crippen LogP contribution is 2.32. The number of aromatic nitrogens is 4. The van der Waals surface area contributed by atoms with Crippen LogP contribution in [-0.4, -0.2) is 42.8 Å². The van der Waals surface area contributed by atoms with Crippen molar-refractivity contribution in [1.82, 2.24) is 18.5 Å². The number of imidazole rings is 2. The van der Waals surface area contributed by atoms with E-state index < -0.39 is 5.79 Å². The first-order chi connectivity index (χ1) is 13.2. The van der Waals surface area contributed by atoms with Gasteiger partial charge in [0.1, 0.15) is 6.33 Å². The monoisotopic (exact) mass is 404 g/mol. The van der Waals surface area contributed by atoms with Gasteiger partial charge in [0.25, 0.3) is 0 Å². The van der Waals surface area contributed by atoms with Gasteiger partial charge >= 0.3 is 0 Å². The van der Waals surface area contributed by atoms with E-state index in [1.54, 1.807) is 37.0 Å². The lowest BCUT2D eigenvalue weighted by molar-refractivity contribution is -0.180. The van der Waals surface area contributed by atoms with E-state index in [0.29, 0.717) is 13.2 Å². The van der Waals surface area contributed by atoms with Gasteiger partial charge in [0, 0.05) is 42.0 Å². The van der Waals surface area contributed by atoms with E-state index in [-0.39, 0.29) is 6.10 Å². The minimum atomic E-state index is -0.652. The van der Waals surface area contributed by atoms with Crippen LogP contribution in [0.15, 0.2) is 61.7 Å². The van der Waals surface area contributed by atoms with Gasteiger partial charge in [-0.25, -0.2) is 9.97 Å². The first kappa shape index (κ1) is 18.6. The van der Waals surface area contributed by atoms with Crippen LogP contribution in [0.4, 0.5) is 0 Å². The second kappa shape index (κ2) is 8.48. The number of aryl methyl sites for hydroxylation is 1. The van der Waals surface area contributed by atoms with Crippen molar-refractivity contribution in [1.29, 1.82) is 0 Å². The molecule has 1 aliphatic heterocycles. The molecule has 2 aromatic heterocycles. The van der Waals surface area contributed by atoms with Crippen LogP contribution in [0.25, 0.3) is 0 Å². The molecule has 0 unspecified atom stereocenters. The van der Waals surface area contributed by atoms with Gasteiger partial charge in [-0.1, -0.05) is 23.7 Å². The van der Waals surface area contributed by atoms with Gasteiger partial charge in [-0.05, 0) is 36.1 Å². The van der Waals surface area contributed by atoms with Crippen LogP contribution < -0.4 is 0 Å². The minimum Gasteiger partial charge on any atom is -0.345 e. The third kappa shape index (κ3) is 4.93. The Hall–Kier alpha value is -1.80. The molecule has 1 aliphatic rings. The van der Waals surface area contributed by atoms with E-state index in [2.05, 4.69) is 22.1 Å². The quantitative estimate of drug-likeness (QED) is 0.573. The number of hydrogen-bond acceptors (Lipinski definition) is 5. The molecule has 6 nitrogen and oxygen atoms in total. The molecule has 27 heavy (non-hydrogen) atoms. The summed E-state index contributed by atoms with van der Waals surface area (Å²) in [5, 5.41) is 0.747. The Morgan fingerprint density at radius 1 is 1.15 bits per heavy atom. The molecular weight excluding hydrogens is 384 g/mol. The first-order valence-electron chi connectivity index (χ1n) is 8.84. The summed E-state index contributed by atoms with van der Waals surface area (Å²) < 4.78 is 16.6. The van der Waals surface area contributed by atoms with E-state index >= 15 is 0 Å². The fourth-order valence-electron chi connectivity index (χ4n) is 3.13. The lowest BCUT2D eigenvalue weighted by Gasteiger charge is -2.28. The van der Waals surface area contributed by atoms with Crippen LogP contribution in [0.3, 0.4) is 0 Å². The fourth-order valence-corrected chi connectivity index (χ4v) is 4.02. The normalized spacial score (nSPS) is 22.3. The molecule has 1 saturated heterocycles. The molecule has 0 amide bonds. The van der Waals surface area contributed by atoms with Gasteiger partial charge in [-0.2, -0.15) is 0 Å². The Morgan fingerprint density at radius 3 is 2.70 bits per heavy atom. The van der Waals surface area contributed by atoms with Gasteiger partial charge in [0.15, 0.2) is 5.79 Å². The third-order valence-electron chi connectivity index (χ3n) is 4.49. The molecule has 4 rings (SSSR count). The standard InChI is InChI=1S/C19H21ClN4O2S/c20-17-3-1-16(2-4-17)5-6-19(13-23-9-7-21-14-23)25-11-18(26-19)12-27-24-10-8-22-15-24/h1-4,7-10,14-15,18H,5-6,11-13H2/t18-,19+/m0/s1. The topological polar surface area (TPSA) is 54.1 Å². The van der Waals surface area contributed by atoms with Crippen molar-refractivity contribution in [3.05, 3.63) is 72.3 Å². The van der Waals surface area contributed by atoms with Crippen molar-refractivity contribution in [2.45, 2.75) is 31.3 Å². The van der Waals surface area contributed by atoms with Gasteiger partial charge in [0.2, 0.25) is 0 Å². The summed E-state index contributed by atoms with van der Waals surface area (Å²) >= 11 is 7.65. The molecule has 1 fully saturated rings. The van der Waals surface area contributed by atoms with E-state index in [9.17, 15) is 0 Å². The highest BCUT2D eigenvalue weighted by atomic mass is 35.5. The van der Waals surface area contributed by atoms with Crippen LogP contribution in [0.2, 0.25) is 5.02 Å². The number of ether oxygens (including phenoxy) is 2. The lowest BCUT2D eigenvalue weighted by atomic mass is 10.0. The number of halogens is 1. The van der Waals surface area contributed by atoms with Crippen molar-refractivity contribution < 1.29 is 9.47 Å². The highest BCUT2D eigenvalue weighted by Gasteiger charge is 2.41. The molecule has 3 aromatic rings. The minimum absolute atomic E-state index is 0.0335. The maximum absolute atomic E-state index is 6.41. The molecule has 0 aliphatic carbocycles. The largest absolute Gasteiger partial charge is 0.345 e. The fraction of sp³-hybridized carbons (Fsp3) is 0.368. The zero-order chi connectivity index (χ0) is 18.5. The molecular formula is C19H21ClN4O2S. The summed E-state index contributed by atoms with van der Waals surface area (Å²) in [6.07, 6.45) is 12.6. The van der Waals surface area contributed by atoms with Gasteiger partial charge < -0.3 is 14.0 Å². The number of hydrogen-bond donors (Lipinski definition) is 0. The Morgan fingerprint density at radius 2 is 1.96 bits per heavy atom. The van der Waals surface area contributed by atoms with Crippen molar-refractivity contribution in [2.24, 2.45) is 0 Å².